The molecule has 0 aromatic rings. The van der Waals surface area contributed by atoms with E-state index in [1.807, 2.05) is 0 Å². The number of esters is 2. The summed E-state index contributed by atoms with van der Waals surface area (Å²) < 4.78 is 20.9. The van der Waals surface area contributed by atoms with Crippen molar-refractivity contribution in [3.8, 4) is 0 Å². The first-order valence-corrected chi connectivity index (χ1v) is 4.25. The maximum Gasteiger partial charge on any atom is 0.417 e. The molecule has 0 saturated heterocycles. The fourth-order valence-electron chi connectivity index (χ4n) is 0.678. The zero-order valence-electron chi connectivity index (χ0n) is 8.05. The molecule has 5 heteroatoms. The van der Waals surface area contributed by atoms with Gasteiger partial charge in [0.05, 0.1) is 19.0 Å². The van der Waals surface area contributed by atoms with Gasteiger partial charge in [-0.25, -0.2) is 14.0 Å². The van der Waals surface area contributed by atoms with Crippen LogP contribution in [0.1, 0.15) is 19.8 Å². The molecule has 0 radical (unpaired) electrons. The second kappa shape index (κ2) is 7.06. The van der Waals surface area contributed by atoms with E-state index >= 15 is 0 Å². The van der Waals surface area contributed by atoms with E-state index in [4.69, 9.17) is 0 Å². The van der Waals surface area contributed by atoms with Gasteiger partial charge >= 0.3 is 11.9 Å². The Kier molecular flexibility index (Phi) is 6.36. The van der Waals surface area contributed by atoms with Crippen LogP contribution in [0.4, 0.5) is 4.39 Å². The zero-order chi connectivity index (χ0) is 11.0. The van der Waals surface area contributed by atoms with Crippen molar-refractivity contribution in [1.82, 2.24) is 0 Å². The van der Waals surface area contributed by atoms with E-state index in [1.165, 1.54) is 0 Å². The first-order valence-electron chi connectivity index (χ1n) is 4.25. The average Bonchev–Trinajstić information content (AvgIpc) is 2.12. The SMILES string of the molecule is C=C(F)CCCOC(=O)C(=O)OCC. The topological polar surface area (TPSA) is 52.6 Å². The highest BCUT2D eigenvalue weighted by molar-refractivity contribution is 6.29. The number of rotatable bonds is 5. The van der Waals surface area contributed by atoms with Crippen LogP contribution >= 0.6 is 0 Å². The number of carbonyl (C=O) groups excluding carboxylic acids is 2. The number of halogens is 1. The summed E-state index contributed by atoms with van der Waals surface area (Å²) in [6.07, 6.45) is 0.427. The fraction of sp³-hybridized carbons (Fsp3) is 0.556. The van der Waals surface area contributed by atoms with E-state index in [2.05, 4.69) is 16.1 Å². The van der Waals surface area contributed by atoms with Crippen LogP contribution in [-0.2, 0) is 19.1 Å². The minimum absolute atomic E-state index is 0.0133. The maximum absolute atomic E-state index is 12.1. The Morgan fingerprint density at radius 3 is 2.36 bits per heavy atom. The Bertz CT molecular complexity index is 225. The van der Waals surface area contributed by atoms with Crippen molar-refractivity contribution in [2.45, 2.75) is 19.8 Å². The number of carbonyl (C=O) groups is 2. The summed E-state index contributed by atoms with van der Waals surface area (Å²) in [6, 6.07) is 0. The quantitative estimate of drug-likeness (QED) is 0.385. The molecule has 0 unspecified atom stereocenters. The van der Waals surface area contributed by atoms with E-state index in [9.17, 15) is 14.0 Å². The molecular weight excluding hydrogens is 191 g/mol. The van der Waals surface area contributed by atoms with Gasteiger partial charge < -0.3 is 9.47 Å². The molecule has 0 bridgehead atoms. The maximum atomic E-state index is 12.1. The summed E-state index contributed by atoms with van der Waals surface area (Å²) in [5.41, 5.74) is 0. The normalized spacial score (nSPS) is 9.29. The van der Waals surface area contributed by atoms with E-state index < -0.39 is 17.8 Å². The van der Waals surface area contributed by atoms with Gasteiger partial charge in [-0.1, -0.05) is 6.58 Å². The Balaban J connectivity index is 3.53. The van der Waals surface area contributed by atoms with Gasteiger partial charge in [0.1, 0.15) is 0 Å². The molecule has 0 fully saturated rings. The smallest absolute Gasteiger partial charge is 0.417 e. The van der Waals surface area contributed by atoms with Crippen molar-refractivity contribution in [1.29, 1.82) is 0 Å². The molecule has 0 amide bonds. The van der Waals surface area contributed by atoms with Gasteiger partial charge in [0, 0.05) is 6.42 Å². The lowest BCUT2D eigenvalue weighted by molar-refractivity contribution is -0.167. The van der Waals surface area contributed by atoms with Crippen molar-refractivity contribution < 1.29 is 23.5 Å². The lowest BCUT2D eigenvalue weighted by Gasteiger charge is -2.02. The van der Waals surface area contributed by atoms with Gasteiger partial charge in [-0.05, 0) is 13.3 Å². The van der Waals surface area contributed by atoms with E-state index in [-0.39, 0.29) is 19.6 Å². The number of hydrogen-bond acceptors (Lipinski definition) is 4. The van der Waals surface area contributed by atoms with Crippen LogP contribution in [0.3, 0.4) is 0 Å². The van der Waals surface area contributed by atoms with Crippen molar-refractivity contribution in [3.05, 3.63) is 12.4 Å². The molecule has 0 rings (SSSR count). The zero-order valence-corrected chi connectivity index (χ0v) is 8.05. The molecule has 0 aliphatic rings. The summed E-state index contributed by atoms with van der Waals surface area (Å²) in [5.74, 6) is -2.54. The monoisotopic (exact) mass is 204 g/mol. The van der Waals surface area contributed by atoms with Crippen molar-refractivity contribution in [3.63, 3.8) is 0 Å². The summed E-state index contributed by atoms with van der Waals surface area (Å²) in [7, 11) is 0. The van der Waals surface area contributed by atoms with Crippen LogP contribution in [0.2, 0.25) is 0 Å². The second-order valence-corrected chi connectivity index (χ2v) is 2.48. The Morgan fingerprint density at radius 1 is 1.29 bits per heavy atom. The Hall–Kier alpha value is -1.39. The average molecular weight is 204 g/mol. The standard InChI is InChI=1S/C9H13FO4/c1-3-13-8(11)9(12)14-6-4-5-7(2)10/h2-6H2,1H3. The van der Waals surface area contributed by atoms with Gasteiger partial charge in [-0.15, -0.1) is 0 Å². The minimum atomic E-state index is -1.05. The summed E-state index contributed by atoms with van der Waals surface area (Å²) in [6.45, 7) is 4.73. The second-order valence-electron chi connectivity index (χ2n) is 2.48. The lowest BCUT2D eigenvalue weighted by atomic mass is 10.3. The van der Waals surface area contributed by atoms with Crippen LogP contribution in [0, 0.1) is 0 Å². The molecule has 0 aliphatic heterocycles. The molecular formula is C9H13FO4. The van der Waals surface area contributed by atoms with Crippen LogP contribution in [0.15, 0.2) is 12.4 Å². The van der Waals surface area contributed by atoms with Gasteiger partial charge in [0.25, 0.3) is 0 Å². The predicted molar refractivity (Wildman–Crippen MR) is 47.1 cm³/mol. The molecule has 4 nitrogen and oxygen atoms in total. The van der Waals surface area contributed by atoms with Crippen molar-refractivity contribution >= 4 is 11.9 Å². The minimum Gasteiger partial charge on any atom is -0.458 e. The fourth-order valence-corrected chi connectivity index (χ4v) is 0.678. The molecule has 0 aromatic carbocycles. The van der Waals surface area contributed by atoms with E-state index in [0.29, 0.717) is 6.42 Å². The molecule has 0 aliphatic carbocycles. The van der Waals surface area contributed by atoms with Crippen LogP contribution in [0.5, 0.6) is 0 Å². The number of hydrogen-bond donors (Lipinski definition) is 0. The van der Waals surface area contributed by atoms with E-state index in [1.54, 1.807) is 6.92 Å². The molecule has 0 N–H and O–H groups in total. The predicted octanol–water partition coefficient (Wildman–Crippen LogP) is 1.36. The first kappa shape index (κ1) is 12.6. The highest BCUT2D eigenvalue weighted by atomic mass is 19.1. The molecule has 0 aromatic heterocycles. The highest BCUT2D eigenvalue weighted by Gasteiger charge is 2.15. The van der Waals surface area contributed by atoms with Gasteiger partial charge in [0.15, 0.2) is 0 Å². The summed E-state index contributed by atoms with van der Waals surface area (Å²) >= 11 is 0. The molecule has 0 saturated carbocycles. The number of ether oxygens (including phenoxy) is 2. The summed E-state index contributed by atoms with van der Waals surface area (Å²) in [5, 5.41) is 0. The number of allylic oxidation sites excluding steroid dienone is 1. The van der Waals surface area contributed by atoms with Crippen LogP contribution < -0.4 is 0 Å². The van der Waals surface area contributed by atoms with Gasteiger partial charge in [-0.2, -0.15) is 0 Å². The third kappa shape index (κ3) is 6.16. The van der Waals surface area contributed by atoms with Crippen molar-refractivity contribution in [2.24, 2.45) is 0 Å². The highest BCUT2D eigenvalue weighted by Crippen LogP contribution is 2.02. The summed E-state index contributed by atoms with van der Waals surface area (Å²) in [4.78, 5) is 21.4. The molecule has 0 atom stereocenters. The first-order chi connectivity index (χ1) is 6.57. The molecule has 80 valence electrons. The third-order valence-corrected chi connectivity index (χ3v) is 1.27. The molecule has 0 heterocycles. The Labute approximate surface area is 81.7 Å². The molecule has 0 spiro atoms. The lowest BCUT2D eigenvalue weighted by Crippen LogP contribution is -2.20. The Morgan fingerprint density at radius 2 is 1.86 bits per heavy atom. The van der Waals surface area contributed by atoms with E-state index in [0.717, 1.165) is 0 Å². The van der Waals surface area contributed by atoms with Gasteiger partial charge in [0.2, 0.25) is 0 Å². The van der Waals surface area contributed by atoms with Gasteiger partial charge in [-0.3, -0.25) is 0 Å². The third-order valence-electron chi connectivity index (χ3n) is 1.27. The largest absolute Gasteiger partial charge is 0.458 e. The molecule has 14 heavy (non-hydrogen) atoms. The van der Waals surface area contributed by atoms with Crippen LogP contribution in [0.25, 0.3) is 0 Å². The van der Waals surface area contributed by atoms with Crippen LogP contribution in [-0.4, -0.2) is 25.2 Å². The van der Waals surface area contributed by atoms with Crippen molar-refractivity contribution in [2.75, 3.05) is 13.2 Å².